The topological polar surface area (TPSA) is 105 Å². The second kappa shape index (κ2) is 11.5. The first-order valence-electron chi connectivity index (χ1n) is 11.2. The van der Waals surface area contributed by atoms with Crippen molar-refractivity contribution in [3.63, 3.8) is 0 Å². The Kier molecular flexibility index (Phi) is 8.43. The molecule has 1 saturated heterocycles. The Morgan fingerprint density at radius 1 is 1.00 bits per heavy atom. The van der Waals surface area contributed by atoms with E-state index < -0.39 is 5.91 Å². The normalized spacial score (nSPS) is 15.4. The minimum absolute atomic E-state index is 0.124. The number of benzene rings is 2. The maximum atomic E-state index is 12.7. The SMILES string of the molecule is COc1ccc(CCC(=O)N2CCCN(C(C)C(=O)Nc3ccc(C(N)=O)cc3)CC2)cc1. The van der Waals surface area contributed by atoms with E-state index in [1.807, 2.05) is 36.1 Å². The largest absolute Gasteiger partial charge is 0.497 e. The summed E-state index contributed by atoms with van der Waals surface area (Å²) in [5.74, 6) is 0.313. The van der Waals surface area contributed by atoms with Crippen LogP contribution in [0.15, 0.2) is 48.5 Å². The molecule has 8 heteroatoms. The Hall–Kier alpha value is -3.39. The summed E-state index contributed by atoms with van der Waals surface area (Å²) in [6.45, 7) is 4.56. The molecule has 0 radical (unpaired) electrons. The van der Waals surface area contributed by atoms with Crippen molar-refractivity contribution in [1.29, 1.82) is 0 Å². The summed E-state index contributed by atoms with van der Waals surface area (Å²) >= 11 is 0. The van der Waals surface area contributed by atoms with E-state index in [1.54, 1.807) is 31.4 Å². The van der Waals surface area contributed by atoms with E-state index >= 15 is 0 Å². The summed E-state index contributed by atoms with van der Waals surface area (Å²) in [6.07, 6.45) is 1.97. The Bertz CT molecular complexity index is 959. The van der Waals surface area contributed by atoms with Gasteiger partial charge in [0.1, 0.15) is 5.75 Å². The standard InChI is InChI=1S/C25H32N4O4/c1-18(25(32)27-21-9-7-20(8-10-21)24(26)31)28-14-3-15-29(17-16-28)23(30)13-6-19-4-11-22(33-2)12-5-19/h4-5,7-12,18H,3,6,13-17H2,1-2H3,(H2,26,31)(H,27,32). The number of carbonyl (C=O) groups is 3. The molecule has 2 aromatic rings. The highest BCUT2D eigenvalue weighted by Crippen LogP contribution is 2.15. The highest BCUT2D eigenvalue weighted by atomic mass is 16.5. The number of hydrogen-bond acceptors (Lipinski definition) is 5. The van der Waals surface area contributed by atoms with Gasteiger partial charge < -0.3 is 20.7 Å². The lowest BCUT2D eigenvalue weighted by molar-refractivity contribution is -0.131. The number of methoxy groups -OCH3 is 1. The van der Waals surface area contributed by atoms with Gasteiger partial charge >= 0.3 is 0 Å². The predicted molar refractivity (Wildman–Crippen MR) is 127 cm³/mol. The Labute approximate surface area is 194 Å². The Morgan fingerprint density at radius 2 is 1.70 bits per heavy atom. The van der Waals surface area contributed by atoms with E-state index in [4.69, 9.17) is 10.5 Å². The number of carbonyl (C=O) groups excluding carboxylic acids is 3. The smallest absolute Gasteiger partial charge is 0.248 e. The molecule has 1 aliphatic heterocycles. The molecule has 1 aliphatic rings. The van der Waals surface area contributed by atoms with Gasteiger partial charge in [-0.3, -0.25) is 19.3 Å². The van der Waals surface area contributed by atoms with E-state index in [0.29, 0.717) is 43.7 Å². The van der Waals surface area contributed by atoms with Gasteiger partial charge in [-0.25, -0.2) is 0 Å². The number of primary amides is 1. The average Bonchev–Trinajstić information content (AvgIpc) is 3.09. The molecule has 0 aromatic heterocycles. The highest BCUT2D eigenvalue weighted by molar-refractivity contribution is 5.96. The highest BCUT2D eigenvalue weighted by Gasteiger charge is 2.25. The molecule has 8 nitrogen and oxygen atoms in total. The zero-order valence-corrected chi connectivity index (χ0v) is 19.3. The molecule has 0 bridgehead atoms. The number of rotatable bonds is 8. The fourth-order valence-corrected chi connectivity index (χ4v) is 3.91. The lowest BCUT2D eigenvalue weighted by Gasteiger charge is -2.27. The van der Waals surface area contributed by atoms with Crippen molar-refractivity contribution < 1.29 is 19.1 Å². The molecule has 1 heterocycles. The number of ether oxygens (including phenoxy) is 1. The Morgan fingerprint density at radius 3 is 2.33 bits per heavy atom. The molecule has 1 atom stereocenters. The molecule has 0 spiro atoms. The van der Waals surface area contributed by atoms with E-state index in [0.717, 1.165) is 24.3 Å². The van der Waals surface area contributed by atoms with Crippen LogP contribution in [0, 0.1) is 0 Å². The summed E-state index contributed by atoms with van der Waals surface area (Å²) in [5.41, 5.74) is 7.36. The van der Waals surface area contributed by atoms with Crippen LogP contribution >= 0.6 is 0 Å². The number of amides is 3. The van der Waals surface area contributed by atoms with Crippen LogP contribution in [0.25, 0.3) is 0 Å². The number of nitrogens with two attached hydrogens (primary N) is 1. The van der Waals surface area contributed by atoms with Gasteiger partial charge in [-0.2, -0.15) is 0 Å². The van der Waals surface area contributed by atoms with Gasteiger partial charge in [0.25, 0.3) is 0 Å². The van der Waals surface area contributed by atoms with E-state index in [2.05, 4.69) is 10.2 Å². The number of hydrogen-bond donors (Lipinski definition) is 2. The van der Waals surface area contributed by atoms with Gasteiger partial charge in [0.05, 0.1) is 13.2 Å². The first-order chi connectivity index (χ1) is 15.9. The third-order valence-corrected chi connectivity index (χ3v) is 6.03. The molecular weight excluding hydrogens is 420 g/mol. The summed E-state index contributed by atoms with van der Waals surface area (Å²) < 4.78 is 5.17. The number of nitrogens with zero attached hydrogens (tertiary/aromatic N) is 2. The van der Waals surface area contributed by atoms with Crippen LogP contribution in [0.4, 0.5) is 5.69 Å². The van der Waals surface area contributed by atoms with Crippen LogP contribution in [-0.2, 0) is 16.0 Å². The maximum absolute atomic E-state index is 12.7. The Balaban J connectivity index is 1.48. The van der Waals surface area contributed by atoms with Crippen LogP contribution in [0.5, 0.6) is 5.75 Å². The molecular formula is C25H32N4O4. The van der Waals surface area contributed by atoms with Gasteiger partial charge in [-0.1, -0.05) is 12.1 Å². The van der Waals surface area contributed by atoms with Crippen molar-refractivity contribution in [1.82, 2.24) is 9.80 Å². The van der Waals surface area contributed by atoms with Gasteiger partial charge in [-0.05, 0) is 61.7 Å². The monoisotopic (exact) mass is 452 g/mol. The minimum atomic E-state index is -0.506. The van der Waals surface area contributed by atoms with E-state index in [9.17, 15) is 14.4 Å². The maximum Gasteiger partial charge on any atom is 0.248 e. The van der Waals surface area contributed by atoms with Crippen molar-refractivity contribution in [2.45, 2.75) is 32.2 Å². The summed E-state index contributed by atoms with van der Waals surface area (Å²) in [7, 11) is 1.63. The van der Waals surface area contributed by atoms with Crippen molar-refractivity contribution in [3.8, 4) is 5.75 Å². The summed E-state index contributed by atoms with van der Waals surface area (Å²) in [5, 5.41) is 2.88. The van der Waals surface area contributed by atoms with Crippen molar-refractivity contribution in [2.75, 3.05) is 38.6 Å². The molecule has 3 amide bonds. The zero-order valence-electron chi connectivity index (χ0n) is 19.3. The van der Waals surface area contributed by atoms with Crippen LogP contribution in [0.2, 0.25) is 0 Å². The molecule has 2 aromatic carbocycles. The van der Waals surface area contributed by atoms with Crippen molar-refractivity contribution in [2.24, 2.45) is 5.73 Å². The number of aryl methyl sites for hydroxylation is 1. The number of nitrogens with one attached hydrogen (secondary N) is 1. The molecule has 33 heavy (non-hydrogen) atoms. The molecule has 3 N–H and O–H groups in total. The van der Waals surface area contributed by atoms with Gasteiger partial charge in [0.2, 0.25) is 17.7 Å². The third kappa shape index (κ3) is 6.79. The third-order valence-electron chi connectivity index (χ3n) is 6.03. The minimum Gasteiger partial charge on any atom is -0.497 e. The van der Waals surface area contributed by atoms with Crippen molar-refractivity contribution in [3.05, 3.63) is 59.7 Å². The molecule has 0 aliphatic carbocycles. The average molecular weight is 453 g/mol. The molecule has 1 unspecified atom stereocenters. The van der Waals surface area contributed by atoms with Crippen LogP contribution < -0.4 is 15.8 Å². The van der Waals surface area contributed by atoms with Gasteiger partial charge in [0, 0.05) is 43.9 Å². The fraction of sp³-hybridized carbons (Fsp3) is 0.400. The second-order valence-electron chi connectivity index (χ2n) is 8.23. The predicted octanol–water partition coefficient (Wildman–Crippen LogP) is 2.29. The molecule has 0 saturated carbocycles. The van der Waals surface area contributed by atoms with Crippen LogP contribution in [-0.4, -0.2) is 66.9 Å². The van der Waals surface area contributed by atoms with Gasteiger partial charge in [0.15, 0.2) is 0 Å². The molecule has 1 fully saturated rings. The fourth-order valence-electron chi connectivity index (χ4n) is 3.91. The lowest BCUT2D eigenvalue weighted by atomic mass is 10.1. The number of anilines is 1. The van der Waals surface area contributed by atoms with Gasteiger partial charge in [-0.15, -0.1) is 0 Å². The molecule has 176 valence electrons. The van der Waals surface area contributed by atoms with E-state index in [-0.39, 0.29) is 17.9 Å². The molecule has 3 rings (SSSR count). The second-order valence-corrected chi connectivity index (χ2v) is 8.23. The van der Waals surface area contributed by atoms with Crippen molar-refractivity contribution >= 4 is 23.4 Å². The summed E-state index contributed by atoms with van der Waals surface area (Å²) in [4.78, 5) is 40.7. The zero-order chi connectivity index (χ0) is 23.8. The van der Waals surface area contributed by atoms with Crippen LogP contribution in [0.1, 0.15) is 35.7 Å². The van der Waals surface area contributed by atoms with E-state index in [1.165, 1.54) is 0 Å². The lowest BCUT2D eigenvalue weighted by Crippen LogP contribution is -2.44. The quantitative estimate of drug-likeness (QED) is 0.639. The summed E-state index contributed by atoms with van der Waals surface area (Å²) in [6, 6.07) is 13.9. The van der Waals surface area contributed by atoms with Crippen LogP contribution in [0.3, 0.4) is 0 Å². The first kappa shape index (κ1) is 24.3. The first-order valence-corrected chi connectivity index (χ1v) is 11.2.